The van der Waals surface area contributed by atoms with E-state index < -0.39 is 0 Å². The second-order valence-electron chi connectivity index (χ2n) is 4.16. The van der Waals surface area contributed by atoms with Crippen molar-refractivity contribution in [3.05, 3.63) is 11.5 Å². The second kappa shape index (κ2) is 5.57. The molecule has 0 aromatic heterocycles. The molecule has 1 aliphatic carbocycles. The summed E-state index contributed by atoms with van der Waals surface area (Å²) < 4.78 is 11.2. The van der Waals surface area contributed by atoms with Gasteiger partial charge in [-0.1, -0.05) is 25.3 Å². The molecule has 1 saturated heterocycles. The van der Waals surface area contributed by atoms with E-state index in [1.165, 1.54) is 44.0 Å². The van der Waals surface area contributed by atoms with E-state index in [1.807, 2.05) is 0 Å². The van der Waals surface area contributed by atoms with Gasteiger partial charge in [0, 0.05) is 13.2 Å². The Morgan fingerprint density at radius 3 is 2.57 bits per heavy atom. The highest BCUT2D eigenvalue weighted by atomic mass is 16.6. The van der Waals surface area contributed by atoms with E-state index in [2.05, 4.69) is 6.08 Å². The molecule has 0 radical (unpaired) electrons. The molecule has 0 amide bonds. The van der Waals surface area contributed by atoms with Crippen molar-refractivity contribution < 1.29 is 9.31 Å². The highest BCUT2D eigenvalue weighted by molar-refractivity contribution is 6.53. The van der Waals surface area contributed by atoms with Gasteiger partial charge in [-0.2, -0.15) is 0 Å². The highest BCUT2D eigenvalue weighted by Gasteiger charge is 2.26. The maximum atomic E-state index is 5.62. The smallest absolute Gasteiger partial charge is 0.407 e. The molecule has 78 valence electrons. The van der Waals surface area contributed by atoms with Crippen LogP contribution >= 0.6 is 0 Å². The molecule has 2 nitrogen and oxygen atoms in total. The first-order valence-corrected chi connectivity index (χ1v) is 5.89. The van der Waals surface area contributed by atoms with Gasteiger partial charge < -0.3 is 9.31 Å². The number of allylic oxidation sites excluding steroid dienone is 2. The first-order chi connectivity index (χ1) is 6.97. The maximum Gasteiger partial charge on any atom is 0.489 e. The van der Waals surface area contributed by atoms with E-state index in [1.54, 1.807) is 0 Å². The van der Waals surface area contributed by atoms with Gasteiger partial charge in [0.15, 0.2) is 0 Å². The van der Waals surface area contributed by atoms with Crippen LogP contribution in [0.1, 0.15) is 44.9 Å². The Balaban J connectivity index is 1.91. The van der Waals surface area contributed by atoms with Crippen LogP contribution in [-0.2, 0) is 9.31 Å². The predicted molar refractivity (Wildman–Crippen MR) is 58.1 cm³/mol. The SMILES string of the molecule is C1=C(B2OCCCO2)CCCCCC1. The van der Waals surface area contributed by atoms with Crippen molar-refractivity contribution in [1.82, 2.24) is 0 Å². The molecule has 1 heterocycles. The van der Waals surface area contributed by atoms with Crippen molar-refractivity contribution in [2.75, 3.05) is 13.2 Å². The number of hydrogen-bond acceptors (Lipinski definition) is 2. The predicted octanol–water partition coefficient (Wildman–Crippen LogP) is 2.73. The number of rotatable bonds is 1. The van der Waals surface area contributed by atoms with Gasteiger partial charge in [0.25, 0.3) is 0 Å². The lowest BCUT2D eigenvalue weighted by atomic mass is 9.73. The normalized spacial score (nSPS) is 25.1. The molecule has 0 atom stereocenters. The van der Waals surface area contributed by atoms with Crippen LogP contribution in [0.25, 0.3) is 0 Å². The summed E-state index contributed by atoms with van der Waals surface area (Å²) in [5, 5.41) is 0. The van der Waals surface area contributed by atoms with E-state index in [0.717, 1.165) is 19.6 Å². The Hall–Kier alpha value is -0.275. The molecule has 2 aliphatic rings. The van der Waals surface area contributed by atoms with Gasteiger partial charge in [-0.3, -0.25) is 0 Å². The average Bonchev–Trinajstić information content (AvgIpc) is 2.18. The van der Waals surface area contributed by atoms with E-state index in [4.69, 9.17) is 9.31 Å². The topological polar surface area (TPSA) is 18.5 Å². The fourth-order valence-corrected chi connectivity index (χ4v) is 2.13. The quantitative estimate of drug-likeness (QED) is 0.597. The second-order valence-corrected chi connectivity index (χ2v) is 4.16. The fourth-order valence-electron chi connectivity index (χ4n) is 2.13. The van der Waals surface area contributed by atoms with Crippen LogP contribution in [0.2, 0.25) is 0 Å². The summed E-state index contributed by atoms with van der Waals surface area (Å²) in [6.07, 6.45) is 11.1. The maximum absolute atomic E-state index is 5.62. The average molecular weight is 194 g/mol. The lowest BCUT2D eigenvalue weighted by molar-refractivity contribution is 0.139. The minimum atomic E-state index is -0.0122. The first kappa shape index (κ1) is 10.2. The molecule has 3 heteroatoms. The summed E-state index contributed by atoms with van der Waals surface area (Å²) in [5.74, 6) is 0. The first-order valence-electron chi connectivity index (χ1n) is 5.89. The Kier molecular flexibility index (Phi) is 4.08. The van der Waals surface area contributed by atoms with Crippen LogP contribution in [-0.4, -0.2) is 20.3 Å². The molecule has 0 aromatic carbocycles. The summed E-state index contributed by atoms with van der Waals surface area (Å²) in [5.41, 5.74) is 1.39. The molecule has 1 aliphatic heterocycles. The minimum Gasteiger partial charge on any atom is -0.407 e. The zero-order chi connectivity index (χ0) is 9.64. The number of hydrogen-bond donors (Lipinski definition) is 0. The Morgan fingerprint density at radius 1 is 0.929 bits per heavy atom. The van der Waals surface area contributed by atoms with Crippen LogP contribution in [0.5, 0.6) is 0 Å². The van der Waals surface area contributed by atoms with E-state index in [0.29, 0.717) is 0 Å². The molecule has 0 N–H and O–H groups in total. The largest absolute Gasteiger partial charge is 0.489 e. The Bertz CT molecular complexity index is 197. The molecule has 0 spiro atoms. The molecule has 0 saturated carbocycles. The van der Waals surface area contributed by atoms with Crippen molar-refractivity contribution in [3.63, 3.8) is 0 Å². The van der Waals surface area contributed by atoms with Gasteiger partial charge in [0.1, 0.15) is 0 Å². The van der Waals surface area contributed by atoms with Crippen LogP contribution in [0.3, 0.4) is 0 Å². The van der Waals surface area contributed by atoms with Gasteiger partial charge in [0.05, 0.1) is 0 Å². The molecule has 0 unspecified atom stereocenters. The van der Waals surface area contributed by atoms with Crippen LogP contribution in [0.15, 0.2) is 11.5 Å². The summed E-state index contributed by atoms with van der Waals surface area (Å²) in [6, 6.07) is 0. The fraction of sp³-hybridized carbons (Fsp3) is 0.818. The Labute approximate surface area is 86.8 Å². The van der Waals surface area contributed by atoms with Crippen molar-refractivity contribution in [2.24, 2.45) is 0 Å². The summed E-state index contributed by atoms with van der Waals surface area (Å²) >= 11 is 0. The van der Waals surface area contributed by atoms with Gasteiger partial charge in [0.2, 0.25) is 0 Å². The molecule has 1 fully saturated rings. The third-order valence-corrected chi connectivity index (χ3v) is 2.96. The summed E-state index contributed by atoms with van der Waals surface area (Å²) in [6.45, 7) is 1.73. The minimum absolute atomic E-state index is 0.0122. The van der Waals surface area contributed by atoms with Gasteiger partial charge >= 0.3 is 7.12 Å². The Morgan fingerprint density at radius 2 is 1.71 bits per heavy atom. The van der Waals surface area contributed by atoms with Gasteiger partial charge in [-0.25, -0.2) is 0 Å². The highest BCUT2D eigenvalue weighted by Crippen LogP contribution is 2.21. The lowest BCUT2D eigenvalue weighted by Gasteiger charge is -2.23. The van der Waals surface area contributed by atoms with Crippen LogP contribution in [0, 0.1) is 0 Å². The van der Waals surface area contributed by atoms with E-state index in [9.17, 15) is 0 Å². The third-order valence-electron chi connectivity index (χ3n) is 2.96. The lowest BCUT2D eigenvalue weighted by Crippen LogP contribution is -2.32. The van der Waals surface area contributed by atoms with Crippen LogP contribution < -0.4 is 0 Å². The zero-order valence-electron chi connectivity index (χ0n) is 8.84. The van der Waals surface area contributed by atoms with Crippen molar-refractivity contribution >= 4 is 7.12 Å². The molecule has 2 rings (SSSR count). The molecule has 14 heavy (non-hydrogen) atoms. The third kappa shape index (κ3) is 2.86. The summed E-state index contributed by atoms with van der Waals surface area (Å²) in [7, 11) is -0.0122. The van der Waals surface area contributed by atoms with Crippen molar-refractivity contribution in [1.29, 1.82) is 0 Å². The van der Waals surface area contributed by atoms with Crippen molar-refractivity contribution in [2.45, 2.75) is 44.9 Å². The van der Waals surface area contributed by atoms with E-state index in [-0.39, 0.29) is 7.12 Å². The van der Waals surface area contributed by atoms with Gasteiger partial charge in [-0.05, 0) is 31.2 Å². The monoisotopic (exact) mass is 194 g/mol. The molecule has 0 aromatic rings. The zero-order valence-corrected chi connectivity index (χ0v) is 8.84. The molecular weight excluding hydrogens is 175 g/mol. The van der Waals surface area contributed by atoms with Crippen molar-refractivity contribution in [3.8, 4) is 0 Å². The summed E-state index contributed by atoms with van der Waals surface area (Å²) in [4.78, 5) is 0. The standard InChI is InChI=1S/C11H19BO2/c1-2-4-7-11(8-5-3-1)12-13-9-6-10-14-12/h7H,1-6,8-10H2. The molecular formula is C11H19BO2. The van der Waals surface area contributed by atoms with Gasteiger partial charge in [-0.15, -0.1) is 0 Å². The van der Waals surface area contributed by atoms with Crippen LogP contribution in [0.4, 0.5) is 0 Å². The molecule has 0 bridgehead atoms. The van der Waals surface area contributed by atoms with E-state index >= 15 is 0 Å².